The lowest BCUT2D eigenvalue weighted by atomic mass is 9.66. The molecule has 1 saturated carbocycles. The quantitative estimate of drug-likeness (QED) is 0.562. The third-order valence-electron chi connectivity index (χ3n) is 5.95. The minimum Gasteiger partial charge on any atom is -0.481 e. The zero-order chi connectivity index (χ0) is 18.6. The number of unbranched alkanes of at least 4 members (excludes halogenated alkanes) is 1. The standard InChI is InChI=1S/C23H27BrO2/c1-2-3-4-17-13-15-23(16-14-17,22(25)26)20-9-5-18(6-10-20)19-7-11-21(24)12-8-19/h5-12,17H,2-4,13-16H2,1H3,(H,25,26)/t17-,23+. The first-order valence-corrected chi connectivity index (χ1v) is 10.4. The van der Waals surface area contributed by atoms with E-state index in [9.17, 15) is 9.90 Å². The fourth-order valence-electron chi connectivity index (χ4n) is 4.20. The molecule has 1 aliphatic carbocycles. The van der Waals surface area contributed by atoms with E-state index in [-0.39, 0.29) is 0 Å². The smallest absolute Gasteiger partial charge is 0.314 e. The van der Waals surface area contributed by atoms with Crippen molar-refractivity contribution in [1.82, 2.24) is 0 Å². The molecule has 2 aromatic carbocycles. The van der Waals surface area contributed by atoms with Crippen molar-refractivity contribution in [3.8, 4) is 11.1 Å². The molecular weight excluding hydrogens is 388 g/mol. The summed E-state index contributed by atoms with van der Waals surface area (Å²) in [5, 5.41) is 10.0. The predicted octanol–water partition coefficient (Wildman–Crippen LogP) is 6.82. The van der Waals surface area contributed by atoms with Gasteiger partial charge in [-0.3, -0.25) is 4.79 Å². The molecule has 0 spiro atoms. The molecule has 0 amide bonds. The highest BCUT2D eigenvalue weighted by atomic mass is 79.9. The lowest BCUT2D eigenvalue weighted by Crippen LogP contribution is -2.39. The minimum absolute atomic E-state index is 0.664. The monoisotopic (exact) mass is 414 g/mol. The van der Waals surface area contributed by atoms with Crippen LogP contribution in [0.5, 0.6) is 0 Å². The van der Waals surface area contributed by atoms with Crippen LogP contribution in [0, 0.1) is 5.92 Å². The van der Waals surface area contributed by atoms with E-state index in [2.05, 4.69) is 47.1 Å². The van der Waals surface area contributed by atoms with Crippen molar-refractivity contribution in [3.05, 3.63) is 58.6 Å². The molecule has 0 radical (unpaired) electrons. The molecule has 3 heteroatoms. The van der Waals surface area contributed by atoms with Crippen LogP contribution in [0.2, 0.25) is 0 Å². The molecule has 3 rings (SSSR count). The van der Waals surface area contributed by atoms with E-state index in [4.69, 9.17) is 0 Å². The van der Waals surface area contributed by atoms with E-state index in [0.29, 0.717) is 5.92 Å². The molecule has 0 heterocycles. The number of rotatable bonds is 6. The summed E-state index contributed by atoms with van der Waals surface area (Å²) < 4.78 is 1.06. The highest BCUT2D eigenvalue weighted by Gasteiger charge is 2.43. The van der Waals surface area contributed by atoms with Gasteiger partial charge in [0.2, 0.25) is 0 Å². The Morgan fingerprint density at radius 1 is 1.04 bits per heavy atom. The largest absolute Gasteiger partial charge is 0.481 e. The molecule has 2 nitrogen and oxygen atoms in total. The molecule has 0 bridgehead atoms. The summed E-state index contributed by atoms with van der Waals surface area (Å²) in [6, 6.07) is 16.4. The fourth-order valence-corrected chi connectivity index (χ4v) is 4.47. The van der Waals surface area contributed by atoms with Gasteiger partial charge in [0.1, 0.15) is 0 Å². The molecule has 0 unspecified atom stereocenters. The summed E-state index contributed by atoms with van der Waals surface area (Å²) in [7, 11) is 0. The summed E-state index contributed by atoms with van der Waals surface area (Å²) >= 11 is 3.46. The summed E-state index contributed by atoms with van der Waals surface area (Å²) in [6.45, 7) is 2.22. The maximum absolute atomic E-state index is 12.2. The number of carbonyl (C=O) groups is 1. The number of halogens is 1. The van der Waals surface area contributed by atoms with Crippen molar-refractivity contribution < 1.29 is 9.90 Å². The van der Waals surface area contributed by atoms with Crippen LogP contribution in [-0.4, -0.2) is 11.1 Å². The van der Waals surface area contributed by atoms with Crippen molar-refractivity contribution >= 4 is 21.9 Å². The molecule has 26 heavy (non-hydrogen) atoms. The van der Waals surface area contributed by atoms with Crippen molar-refractivity contribution in [2.45, 2.75) is 57.3 Å². The Morgan fingerprint density at radius 2 is 1.58 bits per heavy atom. The van der Waals surface area contributed by atoms with Gasteiger partial charge >= 0.3 is 5.97 Å². The molecular formula is C23H27BrO2. The van der Waals surface area contributed by atoms with E-state index >= 15 is 0 Å². The summed E-state index contributed by atoms with van der Waals surface area (Å²) in [5.41, 5.74) is 2.52. The molecule has 138 valence electrons. The van der Waals surface area contributed by atoms with Crippen LogP contribution in [0.25, 0.3) is 11.1 Å². The molecule has 1 fully saturated rings. The van der Waals surface area contributed by atoms with Crippen molar-refractivity contribution in [1.29, 1.82) is 0 Å². The van der Waals surface area contributed by atoms with Gasteiger partial charge in [-0.2, -0.15) is 0 Å². The normalized spacial score (nSPS) is 22.9. The Kier molecular flexibility index (Phi) is 6.18. The summed E-state index contributed by atoms with van der Waals surface area (Å²) in [5.74, 6) is 0.0345. The first-order valence-electron chi connectivity index (χ1n) is 9.65. The van der Waals surface area contributed by atoms with Crippen LogP contribution in [0.15, 0.2) is 53.0 Å². The summed E-state index contributed by atoms with van der Waals surface area (Å²) in [4.78, 5) is 12.2. The van der Waals surface area contributed by atoms with E-state index in [1.807, 2.05) is 24.3 Å². The van der Waals surface area contributed by atoms with Crippen molar-refractivity contribution in [3.63, 3.8) is 0 Å². The number of carboxylic acid groups (broad SMARTS) is 1. The summed E-state index contributed by atoms with van der Waals surface area (Å²) in [6.07, 6.45) is 7.30. The van der Waals surface area contributed by atoms with E-state index in [1.54, 1.807) is 0 Å². The molecule has 0 aliphatic heterocycles. The number of aliphatic carboxylic acids is 1. The van der Waals surface area contributed by atoms with Crippen LogP contribution < -0.4 is 0 Å². The maximum Gasteiger partial charge on any atom is 0.314 e. The highest BCUT2D eigenvalue weighted by Crippen LogP contribution is 2.43. The van der Waals surface area contributed by atoms with Crippen molar-refractivity contribution in [2.75, 3.05) is 0 Å². The fraction of sp³-hybridized carbons (Fsp3) is 0.435. The van der Waals surface area contributed by atoms with Crippen LogP contribution in [0.1, 0.15) is 57.4 Å². The van der Waals surface area contributed by atoms with E-state index in [1.165, 1.54) is 19.3 Å². The first kappa shape index (κ1) is 19.2. The molecule has 1 N–H and O–H groups in total. The molecule has 0 atom stereocenters. The maximum atomic E-state index is 12.2. The Balaban J connectivity index is 1.79. The lowest BCUT2D eigenvalue weighted by Gasteiger charge is -2.37. The molecule has 0 saturated heterocycles. The van der Waals surface area contributed by atoms with Gasteiger partial charge < -0.3 is 5.11 Å². The second kappa shape index (κ2) is 8.39. The Bertz CT molecular complexity index is 726. The average Bonchev–Trinajstić information content (AvgIpc) is 2.67. The van der Waals surface area contributed by atoms with Crippen LogP contribution in [-0.2, 0) is 10.2 Å². The molecule has 0 aromatic heterocycles. The van der Waals surface area contributed by atoms with Gasteiger partial charge in [-0.05, 0) is 60.4 Å². The number of benzene rings is 2. The minimum atomic E-state index is -0.707. The van der Waals surface area contributed by atoms with Gasteiger partial charge in [0.15, 0.2) is 0 Å². The molecule has 1 aliphatic rings. The second-order valence-electron chi connectivity index (χ2n) is 7.56. The topological polar surface area (TPSA) is 37.3 Å². The van der Waals surface area contributed by atoms with Gasteiger partial charge in [-0.25, -0.2) is 0 Å². The number of carboxylic acids is 1. The number of hydrogen-bond donors (Lipinski definition) is 1. The Labute approximate surface area is 164 Å². The van der Waals surface area contributed by atoms with E-state index in [0.717, 1.165) is 46.8 Å². The van der Waals surface area contributed by atoms with E-state index < -0.39 is 11.4 Å². The second-order valence-corrected chi connectivity index (χ2v) is 8.47. The van der Waals surface area contributed by atoms with Gasteiger partial charge in [-0.15, -0.1) is 0 Å². The Hall–Kier alpha value is -1.61. The van der Waals surface area contributed by atoms with Crippen LogP contribution >= 0.6 is 15.9 Å². The average molecular weight is 415 g/mol. The van der Waals surface area contributed by atoms with Crippen LogP contribution in [0.3, 0.4) is 0 Å². The SMILES string of the molecule is CCCC[C@H]1CC[C@](C(=O)O)(c2ccc(-c3ccc(Br)cc3)cc2)CC1. The third-order valence-corrected chi connectivity index (χ3v) is 6.48. The molecule has 2 aromatic rings. The third kappa shape index (κ3) is 4.03. The van der Waals surface area contributed by atoms with Gasteiger partial charge in [0.05, 0.1) is 5.41 Å². The van der Waals surface area contributed by atoms with Crippen molar-refractivity contribution in [2.24, 2.45) is 5.92 Å². The highest BCUT2D eigenvalue weighted by molar-refractivity contribution is 9.10. The van der Waals surface area contributed by atoms with Gasteiger partial charge in [-0.1, -0.05) is 78.5 Å². The van der Waals surface area contributed by atoms with Crippen LogP contribution in [0.4, 0.5) is 0 Å². The predicted molar refractivity (Wildman–Crippen MR) is 110 cm³/mol. The van der Waals surface area contributed by atoms with Gasteiger partial charge in [0.25, 0.3) is 0 Å². The van der Waals surface area contributed by atoms with Gasteiger partial charge in [0, 0.05) is 4.47 Å². The Morgan fingerprint density at radius 3 is 2.08 bits per heavy atom. The lowest BCUT2D eigenvalue weighted by molar-refractivity contribution is -0.145. The first-order chi connectivity index (χ1) is 12.5. The number of hydrogen-bond acceptors (Lipinski definition) is 1. The zero-order valence-electron chi connectivity index (χ0n) is 15.4. The zero-order valence-corrected chi connectivity index (χ0v) is 17.0.